The number of benzene rings is 1. The van der Waals surface area contributed by atoms with Crippen LogP contribution in [0.25, 0.3) is 11.1 Å². The van der Waals surface area contributed by atoms with Gasteiger partial charge in [0.2, 0.25) is 0 Å². The Hall–Kier alpha value is -1.63. The number of allylic oxidation sites excluding steroid dienone is 2. The Kier molecular flexibility index (Phi) is 3.51. The van der Waals surface area contributed by atoms with Crippen LogP contribution < -0.4 is 10.4 Å². The third-order valence-corrected chi connectivity index (χ3v) is 3.82. The monoisotopic (exact) mass is 240 g/mol. The molecule has 0 saturated heterocycles. The Morgan fingerprint density at radius 3 is 2.22 bits per heavy atom. The molecule has 0 amide bonds. The molecule has 1 atom stereocenters. The van der Waals surface area contributed by atoms with Gasteiger partial charge in [-0.1, -0.05) is 50.6 Å². The minimum atomic E-state index is 0.187. The highest BCUT2D eigenvalue weighted by atomic mass is 16.1. The van der Waals surface area contributed by atoms with Gasteiger partial charge >= 0.3 is 0 Å². The molecule has 18 heavy (non-hydrogen) atoms. The molecule has 1 unspecified atom stereocenters. The number of rotatable bonds is 2. The molecule has 1 aliphatic rings. The van der Waals surface area contributed by atoms with Crippen LogP contribution >= 0.6 is 0 Å². The van der Waals surface area contributed by atoms with Crippen molar-refractivity contribution in [3.8, 4) is 0 Å². The van der Waals surface area contributed by atoms with E-state index in [1.54, 1.807) is 0 Å². The van der Waals surface area contributed by atoms with Crippen LogP contribution in [0.2, 0.25) is 0 Å². The fraction of sp³-hybridized carbons (Fsp3) is 0.353. The van der Waals surface area contributed by atoms with Crippen LogP contribution in [0.1, 0.15) is 34.1 Å². The lowest BCUT2D eigenvalue weighted by atomic mass is 9.87. The normalized spacial score (nSPS) is 19.1. The summed E-state index contributed by atoms with van der Waals surface area (Å²) < 4.78 is 0. The highest BCUT2D eigenvalue weighted by molar-refractivity contribution is 6.29. The molecule has 0 bridgehead atoms. The number of Topliss-reactive ketones (excluding diaryl/α,β-unsaturated/α-hetero) is 1. The fourth-order valence-electron chi connectivity index (χ4n) is 2.38. The fourth-order valence-corrected chi connectivity index (χ4v) is 2.38. The second kappa shape index (κ2) is 4.93. The molecular formula is C17H20O. The Morgan fingerprint density at radius 2 is 1.67 bits per heavy atom. The van der Waals surface area contributed by atoms with E-state index in [2.05, 4.69) is 32.9 Å². The van der Waals surface area contributed by atoms with Crippen molar-refractivity contribution in [2.45, 2.75) is 34.1 Å². The molecule has 1 aliphatic carbocycles. The van der Waals surface area contributed by atoms with Crippen molar-refractivity contribution < 1.29 is 4.79 Å². The second-order valence-electron chi connectivity index (χ2n) is 5.09. The van der Waals surface area contributed by atoms with Gasteiger partial charge in [-0.05, 0) is 35.8 Å². The number of hydrogen-bond acceptors (Lipinski definition) is 1. The first-order valence-corrected chi connectivity index (χ1v) is 6.60. The molecule has 0 radical (unpaired) electrons. The molecule has 0 spiro atoms. The van der Waals surface area contributed by atoms with E-state index in [0.717, 1.165) is 28.4 Å². The van der Waals surface area contributed by atoms with E-state index >= 15 is 0 Å². The van der Waals surface area contributed by atoms with E-state index in [9.17, 15) is 4.79 Å². The van der Waals surface area contributed by atoms with Gasteiger partial charge in [0, 0.05) is 11.1 Å². The van der Waals surface area contributed by atoms with Gasteiger partial charge in [0.15, 0.2) is 5.78 Å². The average Bonchev–Trinajstić information content (AvgIpc) is 2.40. The molecular weight excluding hydrogens is 220 g/mol. The molecule has 0 aliphatic heterocycles. The summed E-state index contributed by atoms with van der Waals surface area (Å²) in [6.45, 7) is 8.29. The van der Waals surface area contributed by atoms with Gasteiger partial charge < -0.3 is 0 Å². The van der Waals surface area contributed by atoms with Gasteiger partial charge in [0.25, 0.3) is 0 Å². The second-order valence-corrected chi connectivity index (χ2v) is 5.09. The standard InChI is InChI=1S/C17H20O/c1-5-11(2)10-16-12(3)14-8-6-7-9-15(14)13(4)17(16)18/h6-11H,5H2,1-4H3. The van der Waals surface area contributed by atoms with Crippen molar-refractivity contribution in [3.05, 3.63) is 46.4 Å². The number of hydrogen-bond donors (Lipinski definition) is 0. The number of carbonyl (C=O) groups excluding carboxylic acids is 1. The highest BCUT2D eigenvalue weighted by Gasteiger charge is 2.19. The lowest BCUT2D eigenvalue weighted by Gasteiger charge is -2.16. The molecule has 0 fully saturated rings. The lowest BCUT2D eigenvalue weighted by Crippen LogP contribution is -2.35. The van der Waals surface area contributed by atoms with Gasteiger partial charge in [0.1, 0.15) is 0 Å². The maximum absolute atomic E-state index is 12.4. The first-order chi connectivity index (χ1) is 8.56. The average molecular weight is 240 g/mol. The van der Waals surface area contributed by atoms with Crippen LogP contribution in [0.3, 0.4) is 0 Å². The van der Waals surface area contributed by atoms with Crippen LogP contribution in [-0.2, 0) is 4.79 Å². The summed E-state index contributed by atoms with van der Waals surface area (Å²) in [5, 5.41) is 2.28. The lowest BCUT2D eigenvalue weighted by molar-refractivity contribution is -0.110. The van der Waals surface area contributed by atoms with Crippen molar-refractivity contribution in [1.29, 1.82) is 0 Å². The zero-order valence-corrected chi connectivity index (χ0v) is 11.6. The van der Waals surface area contributed by atoms with Crippen LogP contribution in [0, 0.1) is 5.92 Å². The summed E-state index contributed by atoms with van der Waals surface area (Å²) >= 11 is 0. The maximum atomic E-state index is 12.4. The third-order valence-electron chi connectivity index (χ3n) is 3.82. The molecule has 0 heterocycles. The third kappa shape index (κ3) is 2.05. The van der Waals surface area contributed by atoms with E-state index in [1.165, 1.54) is 5.22 Å². The molecule has 1 heteroatoms. The van der Waals surface area contributed by atoms with Crippen molar-refractivity contribution >= 4 is 16.9 Å². The smallest absolute Gasteiger partial charge is 0.189 e. The van der Waals surface area contributed by atoms with Gasteiger partial charge in [-0.3, -0.25) is 4.79 Å². The van der Waals surface area contributed by atoms with Crippen molar-refractivity contribution in [2.24, 2.45) is 5.92 Å². The van der Waals surface area contributed by atoms with Gasteiger partial charge in [0.05, 0.1) is 0 Å². The van der Waals surface area contributed by atoms with E-state index in [0.29, 0.717) is 5.92 Å². The molecule has 1 nitrogen and oxygen atoms in total. The summed E-state index contributed by atoms with van der Waals surface area (Å²) in [5.41, 5.74) is 2.87. The largest absolute Gasteiger partial charge is 0.289 e. The van der Waals surface area contributed by atoms with E-state index in [4.69, 9.17) is 0 Å². The molecule has 0 saturated carbocycles. The Bertz CT molecular complexity index is 632. The van der Waals surface area contributed by atoms with Crippen LogP contribution in [-0.4, -0.2) is 5.78 Å². The van der Waals surface area contributed by atoms with E-state index < -0.39 is 0 Å². The molecule has 94 valence electrons. The predicted molar refractivity (Wildman–Crippen MR) is 76.4 cm³/mol. The van der Waals surface area contributed by atoms with Crippen molar-refractivity contribution in [2.75, 3.05) is 0 Å². The summed E-state index contributed by atoms with van der Waals surface area (Å²) in [5.74, 6) is 0.628. The van der Waals surface area contributed by atoms with Crippen molar-refractivity contribution in [1.82, 2.24) is 0 Å². The number of ketones is 1. The highest BCUT2D eigenvalue weighted by Crippen LogP contribution is 2.20. The zero-order valence-electron chi connectivity index (χ0n) is 11.6. The van der Waals surface area contributed by atoms with Crippen molar-refractivity contribution in [3.63, 3.8) is 0 Å². The number of fused-ring (bicyclic) bond motifs is 1. The Balaban J connectivity index is 2.76. The summed E-state index contributed by atoms with van der Waals surface area (Å²) in [7, 11) is 0. The first-order valence-electron chi connectivity index (χ1n) is 6.60. The quantitative estimate of drug-likeness (QED) is 0.726. The Labute approximate surface area is 109 Å². The molecule has 1 aromatic carbocycles. The molecule has 0 aromatic heterocycles. The Morgan fingerprint density at radius 1 is 1.11 bits per heavy atom. The molecule has 0 N–H and O–H groups in total. The summed E-state index contributed by atoms with van der Waals surface area (Å²) in [6.07, 6.45) is 3.18. The summed E-state index contributed by atoms with van der Waals surface area (Å²) in [6, 6.07) is 8.16. The van der Waals surface area contributed by atoms with Crippen LogP contribution in [0.4, 0.5) is 0 Å². The predicted octanol–water partition coefficient (Wildman–Crippen LogP) is 2.58. The van der Waals surface area contributed by atoms with E-state index in [-0.39, 0.29) is 5.78 Å². The number of carbonyl (C=O) groups is 1. The zero-order chi connectivity index (χ0) is 13.3. The maximum Gasteiger partial charge on any atom is 0.189 e. The minimum Gasteiger partial charge on any atom is -0.289 e. The summed E-state index contributed by atoms with van der Waals surface area (Å²) in [4.78, 5) is 12.4. The van der Waals surface area contributed by atoms with Crippen LogP contribution in [0.15, 0.2) is 35.9 Å². The molecule has 2 rings (SSSR count). The van der Waals surface area contributed by atoms with Crippen LogP contribution in [0.5, 0.6) is 0 Å². The van der Waals surface area contributed by atoms with Gasteiger partial charge in [-0.15, -0.1) is 0 Å². The SMILES string of the molecule is CCC(C)C=C1C(=O)C(C)=c2ccccc2=C1C. The first kappa shape index (κ1) is 12.8. The van der Waals surface area contributed by atoms with Gasteiger partial charge in [-0.2, -0.15) is 0 Å². The topological polar surface area (TPSA) is 17.1 Å². The van der Waals surface area contributed by atoms with E-state index in [1.807, 2.05) is 25.1 Å². The minimum absolute atomic E-state index is 0.187. The van der Waals surface area contributed by atoms with Gasteiger partial charge in [-0.25, -0.2) is 0 Å². The molecule has 1 aromatic rings.